The van der Waals surface area contributed by atoms with Crippen LogP contribution in [0.4, 0.5) is 0 Å². The van der Waals surface area contributed by atoms with Crippen molar-refractivity contribution in [2.75, 3.05) is 6.54 Å². The lowest BCUT2D eigenvalue weighted by atomic mass is 9.86. The first-order valence-corrected chi connectivity index (χ1v) is 6.85. The van der Waals surface area contributed by atoms with Gasteiger partial charge in [0.15, 0.2) is 0 Å². The third-order valence-electron chi connectivity index (χ3n) is 4.22. The maximum atomic E-state index is 5.95. The van der Waals surface area contributed by atoms with E-state index in [9.17, 15) is 0 Å². The van der Waals surface area contributed by atoms with Gasteiger partial charge >= 0.3 is 0 Å². The van der Waals surface area contributed by atoms with Crippen LogP contribution >= 0.6 is 0 Å². The molecule has 1 aliphatic carbocycles. The molecule has 19 heavy (non-hydrogen) atoms. The summed E-state index contributed by atoms with van der Waals surface area (Å²) in [5.41, 5.74) is 8.05. The smallest absolute Gasteiger partial charge is 0.234 e. The van der Waals surface area contributed by atoms with Gasteiger partial charge in [-0.15, -0.1) is 0 Å². The van der Waals surface area contributed by atoms with Gasteiger partial charge in [0, 0.05) is 12.1 Å². The molecule has 0 amide bonds. The molecule has 3 rings (SSSR count). The van der Waals surface area contributed by atoms with E-state index in [4.69, 9.17) is 10.3 Å². The Bertz CT molecular complexity index is 570. The molecule has 1 aromatic carbocycles. The van der Waals surface area contributed by atoms with Crippen molar-refractivity contribution in [3.05, 3.63) is 35.7 Å². The van der Waals surface area contributed by atoms with Gasteiger partial charge in [-0.25, -0.2) is 0 Å². The third kappa shape index (κ3) is 2.06. The Morgan fingerprint density at radius 3 is 2.68 bits per heavy atom. The first-order valence-electron chi connectivity index (χ1n) is 6.85. The highest BCUT2D eigenvalue weighted by atomic mass is 16.5. The first-order chi connectivity index (χ1) is 9.25. The van der Waals surface area contributed by atoms with E-state index >= 15 is 0 Å². The van der Waals surface area contributed by atoms with Crippen molar-refractivity contribution in [1.82, 2.24) is 10.1 Å². The van der Waals surface area contributed by atoms with Gasteiger partial charge in [0.2, 0.25) is 11.7 Å². The Kier molecular flexibility index (Phi) is 3.11. The van der Waals surface area contributed by atoms with Crippen molar-refractivity contribution in [3.63, 3.8) is 0 Å². The van der Waals surface area contributed by atoms with E-state index in [0.717, 1.165) is 24.0 Å². The number of aryl methyl sites for hydroxylation is 1. The summed E-state index contributed by atoms with van der Waals surface area (Å²) in [7, 11) is 0. The van der Waals surface area contributed by atoms with E-state index < -0.39 is 0 Å². The number of aromatic nitrogens is 2. The van der Waals surface area contributed by atoms with Crippen molar-refractivity contribution >= 4 is 0 Å². The second-order valence-corrected chi connectivity index (χ2v) is 5.43. The van der Waals surface area contributed by atoms with Crippen LogP contribution in [0.25, 0.3) is 11.4 Å². The minimum atomic E-state index is -0.0894. The highest BCUT2D eigenvalue weighted by Crippen LogP contribution is 2.40. The summed E-state index contributed by atoms with van der Waals surface area (Å²) in [6.07, 6.45) is 4.50. The van der Waals surface area contributed by atoms with Crippen LogP contribution < -0.4 is 5.73 Å². The Balaban J connectivity index is 1.98. The lowest BCUT2D eigenvalue weighted by molar-refractivity contribution is 0.284. The fourth-order valence-corrected chi connectivity index (χ4v) is 2.93. The zero-order valence-corrected chi connectivity index (χ0v) is 11.2. The Morgan fingerprint density at radius 1 is 1.26 bits per heavy atom. The van der Waals surface area contributed by atoms with Gasteiger partial charge < -0.3 is 10.3 Å². The average molecular weight is 257 g/mol. The molecule has 0 saturated heterocycles. The largest absolute Gasteiger partial charge is 0.338 e. The van der Waals surface area contributed by atoms with Crippen LogP contribution in [0, 0.1) is 6.92 Å². The normalized spacial score (nSPS) is 17.8. The monoisotopic (exact) mass is 257 g/mol. The molecule has 2 aromatic rings. The molecule has 4 heteroatoms. The first kappa shape index (κ1) is 12.4. The second kappa shape index (κ2) is 4.78. The lowest BCUT2D eigenvalue weighted by Crippen LogP contribution is -2.32. The third-order valence-corrected chi connectivity index (χ3v) is 4.22. The van der Waals surface area contributed by atoms with Crippen LogP contribution in [0.5, 0.6) is 0 Å². The van der Waals surface area contributed by atoms with Crippen LogP contribution in [0.2, 0.25) is 0 Å². The number of benzene rings is 1. The second-order valence-electron chi connectivity index (χ2n) is 5.43. The molecule has 0 aliphatic heterocycles. The molecule has 2 N–H and O–H groups in total. The van der Waals surface area contributed by atoms with Crippen molar-refractivity contribution in [1.29, 1.82) is 0 Å². The molecule has 0 spiro atoms. The minimum Gasteiger partial charge on any atom is -0.338 e. The van der Waals surface area contributed by atoms with Crippen LogP contribution in [0.1, 0.15) is 37.1 Å². The number of nitrogens with zero attached hydrogens (tertiary/aromatic N) is 2. The van der Waals surface area contributed by atoms with Crippen LogP contribution in [0.15, 0.2) is 28.8 Å². The number of rotatable bonds is 3. The highest BCUT2D eigenvalue weighted by Gasteiger charge is 2.39. The van der Waals surface area contributed by atoms with E-state index in [1.807, 2.05) is 18.2 Å². The maximum absolute atomic E-state index is 5.95. The van der Waals surface area contributed by atoms with Crippen molar-refractivity contribution < 1.29 is 4.52 Å². The quantitative estimate of drug-likeness (QED) is 0.918. The van der Waals surface area contributed by atoms with E-state index in [2.05, 4.69) is 23.1 Å². The summed E-state index contributed by atoms with van der Waals surface area (Å²) < 4.78 is 5.51. The molecule has 0 unspecified atom stereocenters. The van der Waals surface area contributed by atoms with Crippen LogP contribution in [-0.2, 0) is 5.41 Å². The summed E-state index contributed by atoms with van der Waals surface area (Å²) >= 11 is 0. The Morgan fingerprint density at radius 2 is 2.00 bits per heavy atom. The molecule has 1 fully saturated rings. The predicted octanol–water partition coefficient (Wildman–Crippen LogP) is 2.82. The Hall–Kier alpha value is -1.68. The predicted molar refractivity (Wildman–Crippen MR) is 73.7 cm³/mol. The maximum Gasteiger partial charge on any atom is 0.234 e. The summed E-state index contributed by atoms with van der Waals surface area (Å²) in [4.78, 5) is 4.61. The average Bonchev–Trinajstić information content (AvgIpc) is 3.09. The van der Waals surface area contributed by atoms with Crippen molar-refractivity contribution in [2.45, 2.75) is 38.0 Å². The molecule has 0 radical (unpaired) electrons. The minimum absolute atomic E-state index is 0.0894. The zero-order valence-electron chi connectivity index (χ0n) is 11.2. The van der Waals surface area contributed by atoms with E-state index in [-0.39, 0.29) is 5.41 Å². The van der Waals surface area contributed by atoms with Gasteiger partial charge in [-0.05, 0) is 25.3 Å². The van der Waals surface area contributed by atoms with Gasteiger partial charge in [-0.1, -0.05) is 42.3 Å². The fourth-order valence-electron chi connectivity index (χ4n) is 2.93. The molecular formula is C15H19N3O. The summed E-state index contributed by atoms with van der Waals surface area (Å²) in [5.74, 6) is 1.39. The Labute approximate surface area is 113 Å². The molecule has 4 nitrogen and oxygen atoms in total. The fraction of sp³-hybridized carbons (Fsp3) is 0.467. The number of hydrogen-bond donors (Lipinski definition) is 1. The van der Waals surface area contributed by atoms with Gasteiger partial charge in [0.05, 0.1) is 5.41 Å². The van der Waals surface area contributed by atoms with Gasteiger partial charge in [-0.2, -0.15) is 4.98 Å². The number of nitrogens with two attached hydrogens (primary N) is 1. The summed E-state index contributed by atoms with van der Waals surface area (Å²) in [5, 5.41) is 4.14. The lowest BCUT2D eigenvalue weighted by Gasteiger charge is -2.21. The standard InChI is InChI=1S/C15H19N3O/c1-11-6-2-3-7-12(11)13-17-14(19-18-13)15(10-16)8-4-5-9-15/h2-3,6-7H,4-5,8-10,16H2,1H3. The van der Waals surface area contributed by atoms with E-state index in [1.54, 1.807) is 0 Å². The molecule has 1 heterocycles. The van der Waals surface area contributed by atoms with Crippen LogP contribution in [-0.4, -0.2) is 16.7 Å². The summed E-state index contributed by atoms with van der Waals surface area (Å²) in [6.45, 7) is 2.64. The van der Waals surface area contributed by atoms with E-state index in [1.165, 1.54) is 12.8 Å². The molecule has 1 saturated carbocycles. The van der Waals surface area contributed by atoms with Crippen LogP contribution in [0.3, 0.4) is 0 Å². The van der Waals surface area contributed by atoms with E-state index in [0.29, 0.717) is 18.3 Å². The topological polar surface area (TPSA) is 64.9 Å². The summed E-state index contributed by atoms with van der Waals surface area (Å²) in [6, 6.07) is 8.08. The molecule has 0 atom stereocenters. The highest BCUT2D eigenvalue weighted by molar-refractivity contribution is 5.59. The molecule has 1 aromatic heterocycles. The molecule has 1 aliphatic rings. The SMILES string of the molecule is Cc1ccccc1-c1noc(C2(CN)CCCC2)n1. The van der Waals surface area contributed by atoms with Crippen molar-refractivity contribution in [2.24, 2.45) is 5.73 Å². The van der Waals surface area contributed by atoms with Crippen molar-refractivity contribution in [3.8, 4) is 11.4 Å². The molecule has 0 bridgehead atoms. The van der Waals surface area contributed by atoms with Gasteiger partial charge in [0.1, 0.15) is 0 Å². The number of hydrogen-bond acceptors (Lipinski definition) is 4. The van der Waals surface area contributed by atoms with Gasteiger partial charge in [0.25, 0.3) is 0 Å². The molecular weight excluding hydrogens is 238 g/mol. The molecule has 100 valence electrons. The van der Waals surface area contributed by atoms with Gasteiger partial charge in [-0.3, -0.25) is 0 Å². The zero-order chi connectivity index (χ0) is 13.3.